The Labute approximate surface area is 146 Å². The van der Waals surface area contributed by atoms with Gasteiger partial charge in [-0.1, -0.05) is 17.8 Å². The second kappa shape index (κ2) is 7.30. The number of carbonyl (C=O) groups is 2. The van der Waals surface area contributed by atoms with Gasteiger partial charge in [0.2, 0.25) is 5.91 Å². The number of hydrogen-bond donors (Lipinski definition) is 2. The monoisotopic (exact) mass is 362 g/mol. The molecule has 0 aliphatic heterocycles. The molecule has 1 heterocycles. The number of nitro groups is 1. The van der Waals surface area contributed by atoms with E-state index in [9.17, 15) is 19.7 Å². The second-order valence-corrected chi connectivity index (χ2v) is 6.29. The van der Waals surface area contributed by atoms with E-state index in [1.807, 2.05) is 4.57 Å². The molecule has 2 N–H and O–H groups in total. The molecule has 3 rings (SSSR count). The number of hydrazine groups is 1. The first kappa shape index (κ1) is 16.9. The normalized spacial score (nSPS) is 13.3. The Bertz CT molecular complexity index is 819. The summed E-state index contributed by atoms with van der Waals surface area (Å²) in [6, 6.07) is 5.64. The minimum Gasteiger partial charge on any atom is -0.306 e. The minimum absolute atomic E-state index is 0.0562. The third-order valence-corrected chi connectivity index (χ3v) is 4.40. The van der Waals surface area contributed by atoms with Crippen molar-refractivity contribution >= 4 is 29.3 Å². The Hall–Kier alpha value is -2.95. The van der Waals surface area contributed by atoms with E-state index in [1.165, 1.54) is 30.0 Å². The highest BCUT2D eigenvalue weighted by molar-refractivity contribution is 7.99. The van der Waals surface area contributed by atoms with Gasteiger partial charge in [0.1, 0.15) is 6.33 Å². The van der Waals surface area contributed by atoms with Crippen molar-refractivity contribution in [2.75, 3.05) is 5.75 Å². The quantitative estimate of drug-likeness (QED) is 0.446. The standard InChI is InChI=1S/C14H14N6O4S/c21-12(7-25-14-18-15-8-19(14)10-4-5-10)16-17-13(22)9-2-1-3-11(6-9)20(23)24/h1-3,6,8,10H,4-5,7H2,(H,16,21)(H,17,22). The summed E-state index contributed by atoms with van der Waals surface area (Å²) in [7, 11) is 0. The van der Waals surface area contributed by atoms with Crippen LogP contribution in [0.15, 0.2) is 35.7 Å². The molecule has 1 saturated carbocycles. The second-order valence-electron chi connectivity index (χ2n) is 5.35. The van der Waals surface area contributed by atoms with E-state index >= 15 is 0 Å². The van der Waals surface area contributed by atoms with Gasteiger partial charge in [0, 0.05) is 23.7 Å². The molecule has 1 aromatic heterocycles. The lowest BCUT2D eigenvalue weighted by Crippen LogP contribution is -2.42. The van der Waals surface area contributed by atoms with E-state index in [0.29, 0.717) is 11.2 Å². The molecule has 130 valence electrons. The summed E-state index contributed by atoms with van der Waals surface area (Å²) in [5, 5.41) is 19.2. The van der Waals surface area contributed by atoms with Gasteiger partial charge >= 0.3 is 0 Å². The molecule has 0 spiro atoms. The molecule has 0 radical (unpaired) electrons. The molecule has 0 atom stereocenters. The van der Waals surface area contributed by atoms with Crippen molar-refractivity contribution in [3.63, 3.8) is 0 Å². The van der Waals surface area contributed by atoms with Crippen molar-refractivity contribution in [2.24, 2.45) is 0 Å². The molecule has 1 fully saturated rings. The number of amides is 2. The Kier molecular flexibility index (Phi) is 4.93. The van der Waals surface area contributed by atoms with E-state index in [2.05, 4.69) is 21.0 Å². The van der Waals surface area contributed by atoms with E-state index in [1.54, 1.807) is 6.33 Å². The fourth-order valence-electron chi connectivity index (χ4n) is 2.06. The fraction of sp³-hybridized carbons (Fsp3) is 0.286. The first-order valence-electron chi connectivity index (χ1n) is 7.40. The molecule has 11 heteroatoms. The van der Waals surface area contributed by atoms with Crippen molar-refractivity contribution in [1.82, 2.24) is 25.6 Å². The summed E-state index contributed by atoms with van der Waals surface area (Å²) in [5.74, 6) is -1.00. The van der Waals surface area contributed by atoms with Crippen LogP contribution in [0.2, 0.25) is 0 Å². The molecule has 2 amide bonds. The first-order chi connectivity index (χ1) is 12.0. The van der Waals surface area contributed by atoms with Crippen LogP contribution in [0.5, 0.6) is 0 Å². The molecule has 0 unspecified atom stereocenters. The molecule has 1 aromatic carbocycles. The van der Waals surface area contributed by atoms with Gasteiger partial charge in [-0.2, -0.15) is 0 Å². The largest absolute Gasteiger partial charge is 0.306 e. The summed E-state index contributed by atoms with van der Waals surface area (Å²) < 4.78 is 1.93. The van der Waals surface area contributed by atoms with E-state index < -0.39 is 16.7 Å². The number of non-ortho nitro benzene ring substituents is 1. The highest BCUT2D eigenvalue weighted by Gasteiger charge is 2.26. The highest BCUT2D eigenvalue weighted by Crippen LogP contribution is 2.37. The number of thioether (sulfide) groups is 1. The number of nitro benzene ring substituents is 1. The molecule has 1 aliphatic rings. The van der Waals surface area contributed by atoms with Crippen LogP contribution in [-0.2, 0) is 4.79 Å². The average molecular weight is 362 g/mol. The Balaban J connectivity index is 1.48. The zero-order valence-electron chi connectivity index (χ0n) is 12.9. The number of benzene rings is 1. The van der Waals surface area contributed by atoms with Crippen LogP contribution < -0.4 is 10.9 Å². The van der Waals surface area contributed by atoms with Crippen molar-refractivity contribution < 1.29 is 14.5 Å². The molecule has 2 aromatic rings. The molecule has 10 nitrogen and oxygen atoms in total. The maximum absolute atomic E-state index is 11.9. The van der Waals surface area contributed by atoms with Crippen molar-refractivity contribution in [3.05, 3.63) is 46.3 Å². The van der Waals surface area contributed by atoms with Crippen molar-refractivity contribution in [2.45, 2.75) is 24.0 Å². The van der Waals surface area contributed by atoms with Gasteiger partial charge in [-0.15, -0.1) is 10.2 Å². The topological polar surface area (TPSA) is 132 Å². The maximum Gasteiger partial charge on any atom is 0.270 e. The first-order valence-corrected chi connectivity index (χ1v) is 8.39. The van der Waals surface area contributed by atoms with Crippen LogP contribution >= 0.6 is 11.8 Å². The number of carbonyl (C=O) groups excluding carboxylic acids is 2. The Morgan fingerprint density at radius 1 is 1.36 bits per heavy atom. The third kappa shape index (κ3) is 4.32. The summed E-state index contributed by atoms with van der Waals surface area (Å²) in [6.07, 6.45) is 3.80. The van der Waals surface area contributed by atoms with Crippen LogP contribution in [0.3, 0.4) is 0 Å². The highest BCUT2D eigenvalue weighted by atomic mass is 32.2. The van der Waals surface area contributed by atoms with Crippen LogP contribution in [0.25, 0.3) is 0 Å². The van der Waals surface area contributed by atoms with Gasteiger partial charge in [0.15, 0.2) is 5.16 Å². The SMILES string of the molecule is O=C(CSc1nncn1C1CC1)NNC(=O)c1cccc([N+](=O)[O-])c1. The van der Waals surface area contributed by atoms with Crippen LogP contribution in [0, 0.1) is 10.1 Å². The van der Waals surface area contributed by atoms with Gasteiger partial charge in [-0.3, -0.25) is 30.6 Å². The number of hydrogen-bond acceptors (Lipinski definition) is 7. The van der Waals surface area contributed by atoms with Crippen LogP contribution in [0.4, 0.5) is 5.69 Å². The number of rotatable bonds is 6. The zero-order chi connectivity index (χ0) is 17.8. The van der Waals surface area contributed by atoms with Gasteiger partial charge < -0.3 is 4.57 Å². The van der Waals surface area contributed by atoms with Gasteiger partial charge in [-0.05, 0) is 18.9 Å². The molecule has 0 bridgehead atoms. The predicted octanol–water partition coefficient (Wildman–Crippen LogP) is 1.07. The van der Waals surface area contributed by atoms with E-state index in [0.717, 1.165) is 18.9 Å². The zero-order valence-corrected chi connectivity index (χ0v) is 13.7. The molecular weight excluding hydrogens is 348 g/mol. The summed E-state index contributed by atoms with van der Waals surface area (Å²) in [6.45, 7) is 0. The fourth-order valence-corrected chi connectivity index (χ4v) is 2.85. The van der Waals surface area contributed by atoms with Crippen LogP contribution in [0.1, 0.15) is 29.2 Å². The smallest absolute Gasteiger partial charge is 0.270 e. The molecule has 1 aliphatic carbocycles. The molecule has 25 heavy (non-hydrogen) atoms. The lowest BCUT2D eigenvalue weighted by molar-refractivity contribution is -0.384. The Morgan fingerprint density at radius 3 is 2.88 bits per heavy atom. The lowest BCUT2D eigenvalue weighted by Gasteiger charge is -2.07. The number of nitrogens with one attached hydrogen (secondary N) is 2. The van der Waals surface area contributed by atoms with Crippen molar-refractivity contribution in [3.8, 4) is 0 Å². The van der Waals surface area contributed by atoms with Gasteiger partial charge in [0.05, 0.1) is 10.7 Å². The van der Waals surface area contributed by atoms with Gasteiger partial charge in [-0.25, -0.2) is 0 Å². The average Bonchev–Trinajstić information content (AvgIpc) is 3.35. The molecule has 0 saturated heterocycles. The van der Waals surface area contributed by atoms with Crippen molar-refractivity contribution in [1.29, 1.82) is 0 Å². The van der Waals surface area contributed by atoms with E-state index in [4.69, 9.17) is 0 Å². The maximum atomic E-state index is 11.9. The summed E-state index contributed by atoms with van der Waals surface area (Å²) >= 11 is 1.22. The predicted molar refractivity (Wildman–Crippen MR) is 87.7 cm³/mol. The summed E-state index contributed by atoms with van der Waals surface area (Å²) in [5.41, 5.74) is 4.38. The Morgan fingerprint density at radius 2 is 2.16 bits per heavy atom. The van der Waals surface area contributed by atoms with E-state index in [-0.39, 0.29) is 17.0 Å². The number of nitrogens with zero attached hydrogens (tertiary/aromatic N) is 4. The summed E-state index contributed by atoms with van der Waals surface area (Å²) in [4.78, 5) is 33.9. The lowest BCUT2D eigenvalue weighted by atomic mass is 10.2. The van der Waals surface area contributed by atoms with Crippen LogP contribution in [-0.4, -0.2) is 37.3 Å². The number of aromatic nitrogens is 3. The third-order valence-electron chi connectivity index (χ3n) is 3.45. The molecular formula is C14H14N6O4S. The minimum atomic E-state index is -0.636. The van der Waals surface area contributed by atoms with Gasteiger partial charge in [0.25, 0.3) is 11.6 Å².